The second-order valence-electron chi connectivity index (χ2n) is 7.58. The summed E-state index contributed by atoms with van der Waals surface area (Å²) < 4.78 is 5.20. The van der Waals surface area contributed by atoms with Crippen molar-refractivity contribution >= 4 is 17.9 Å². The number of carbonyl (C=O) groups is 3. The van der Waals surface area contributed by atoms with Gasteiger partial charge in [0.25, 0.3) is 0 Å². The van der Waals surface area contributed by atoms with Crippen LogP contribution in [0.25, 0.3) is 0 Å². The third kappa shape index (κ3) is 3.91. The fraction of sp³-hybridized carbons (Fsp3) is 0.261. The largest absolute Gasteiger partial charge is 0.456 e. The highest BCUT2D eigenvalue weighted by Crippen LogP contribution is 2.34. The second kappa shape index (κ2) is 8.02. The van der Waals surface area contributed by atoms with Gasteiger partial charge in [-0.3, -0.25) is 9.69 Å². The van der Waals surface area contributed by atoms with Gasteiger partial charge in [0.1, 0.15) is 13.2 Å². The molecule has 2 aliphatic heterocycles. The maximum absolute atomic E-state index is 12.8. The van der Waals surface area contributed by atoms with Crippen LogP contribution in [0.5, 0.6) is 0 Å². The zero-order valence-electron chi connectivity index (χ0n) is 16.9. The molecule has 0 aliphatic carbocycles. The monoisotopic (exact) mass is 405 g/mol. The van der Waals surface area contributed by atoms with E-state index in [0.29, 0.717) is 17.8 Å². The lowest BCUT2D eigenvalue weighted by molar-refractivity contribution is -0.136. The first-order chi connectivity index (χ1) is 14.4. The van der Waals surface area contributed by atoms with Crippen molar-refractivity contribution in [3.8, 4) is 0 Å². The van der Waals surface area contributed by atoms with Gasteiger partial charge in [-0.25, -0.2) is 9.59 Å². The zero-order valence-corrected chi connectivity index (χ0v) is 16.9. The van der Waals surface area contributed by atoms with Crippen LogP contribution in [-0.2, 0) is 20.9 Å². The van der Waals surface area contributed by atoms with Gasteiger partial charge in [-0.1, -0.05) is 59.7 Å². The van der Waals surface area contributed by atoms with Crippen LogP contribution in [0.15, 0.2) is 59.8 Å². The van der Waals surface area contributed by atoms with Crippen molar-refractivity contribution in [1.29, 1.82) is 0 Å². The minimum absolute atomic E-state index is 0.0187. The Hall–Kier alpha value is -3.61. The number of cyclic esters (lactones) is 1. The van der Waals surface area contributed by atoms with Gasteiger partial charge < -0.3 is 15.4 Å². The average molecular weight is 405 g/mol. The summed E-state index contributed by atoms with van der Waals surface area (Å²) in [6, 6.07) is 14.4. The van der Waals surface area contributed by atoms with E-state index in [1.54, 1.807) is 0 Å². The van der Waals surface area contributed by atoms with E-state index in [0.717, 1.165) is 22.3 Å². The van der Waals surface area contributed by atoms with Crippen molar-refractivity contribution in [3.63, 3.8) is 0 Å². The van der Waals surface area contributed by atoms with Crippen LogP contribution in [0.1, 0.15) is 28.3 Å². The van der Waals surface area contributed by atoms with Gasteiger partial charge >= 0.3 is 12.0 Å². The van der Waals surface area contributed by atoms with Crippen LogP contribution in [0.3, 0.4) is 0 Å². The lowest BCUT2D eigenvalue weighted by Crippen LogP contribution is -2.50. The molecule has 0 bridgehead atoms. The Morgan fingerprint density at radius 3 is 2.37 bits per heavy atom. The normalized spacial score (nSPS) is 18.1. The summed E-state index contributed by atoms with van der Waals surface area (Å²) in [6.45, 7) is 4.12. The van der Waals surface area contributed by atoms with Gasteiger partial charge in [0.05, 0.1) is 17.3 Å². The van der Waals surface area contributed by atoms with Crippen LogP contribution < -0.4 is 10.6 Å². The number of nitrogens with zero attached hydrogens (tertiary/aromatic N) is 1. The first-order valence-electron chi connectivity index (χ1n) is 9.79. The number of carbonyl (C=O) groups excluding carboxylic acids is 3. The van der Waals surface area contributed by atoms with Crippen LogP contribution in [0.2, 0.25) is 0 Å². The number of rotatable bonds is 5. The summed E-state index contributed by atoms with van der Waals surface area (Å²) in [5, 5.41) is 5.66. The van der Waals surface area contributed by atoms with Crippen molar-refractivity contribution in [2.75, 3.05) is 13.2 Å². The van der Waals surface area contributed by atoms with E-state index < -0.39 is 18.0 Å². The predicted molar refractivity (Wildman–Crippen MR) is 110 cm³/mol. The summed E-state index contributed by atoms with van der Waals surface area (Å²) in [7, 11) is 0. The molecule has 2 aromatic carbocycles. The summed E-state index contributed by atoms with van der Waals surface area (Å²) in [5.41, 5.74) is 4.81. The number of benzene rings is 2. The summed E-state index contributed by atoms with van der Waals surface area (Å²) in [4.78, 5) is 38.9. The highest BCUT2D eigenvalue weighted by Gasteiger charge is 2.42. The molecule has 0 saturated carbocycles. The maximum Gasteiger partial charge on any atom is 0.338 e. The Morgan fingerprint density at radius 2 is 1.70 bits per heavy atom. The molecule has 1 atom stereocenters. The number of ether oxygens (including phenoxy) is 1. The fourth-order valence-electron chi connectivity index (χ4n) is 3.59. The number of hydrogen-bond donors (Lipinski definition) is 2. The number of urea groups is 1. The lowest BCUT2D eigenvalue weighted by Gasteiger charge is -2.32. The fourth-order valence-corrected chi connectivity index (χ4v) is 3.59. The van der Waals surface area contributed by atoms with Gasteiger partial charge in [-0.05, 0) is 25.0 Å². The molecule has 2 heterocycles. The molecular formula is C23H23N3O4. The van der Waals surface area contributed by atoms with Crippen molar-refractivity contribution in [2.45, 2.75) is 26.4 Å². The minimum Gasteiger partial charge on any atom is -0.456 e. The molecule has 0 radical (unpaired) electrons. The molecule has 154 valence electrons. The summed E-state index contributed by atoms with van der Waals surface area (Å²) >= 11 is 0. The number of amides is 3. The van der Waals surface area contributed by atoms with Crippen LogP contribution >= 0.6 is 0 Å². The first kappa shape index (κ1) is 19.7. The summed E-state index contributed by atoms with van der Waals surface area (Å²) in [5.74, 6) is -0.786. The van der Waals surface area contributed by atoms with Gasteiger partial charge in [0.15, 0.2) is 0 Å². The van der Waals surface area contributed by atoms with Gasteiger partial charge in [-0.15, -0.1) is 0 Å². The van der Waals surface area contributed by atoms with Crippen molar-refractivity contribution in [3.05, 3.63) is 82.1 Å². The number of nitrogens with one attached hydrogen (secondary N) is 2. The molecule has 0 fully saturated rings. The van der Waals surface area contributed by atoms with E-state index in [2.05, 4.69) is 10.6 Å². The van der Waals surface area contributed by atoms with Crippen LogP contribution in [0.4, 0.5) is 4.79 Å². The van der Waals surface area contributed by atoms with Crippen LogP contribution in [-0.4, -0.2) is 36.0 Å². The SMILES string of the molecule is Cc1ccc(CNC(=O)CN2C(=O)N[C@@H](c3ccc(C)cc3)C3=C2COC3=O)cc1. The van der Waals surface area contributed by atoms with Gasteiger partial charge in [0.2, 0.25) is 5.91 Å². The van der Waals surface area contributed by atoms with E-state index >= 15 is 0 Å². The molecule has 0 spiro atoms. The standard InChI is InChI=1S/C23H23N3O4/c1-14-3-7-16(8-4-14)11-24-19(27)12-26-18-13-30-22(28)20(18)21(25-23(26)29)17-9-5-15(2)6-10-17/h3-10,21H,11-13H2,1-2H3,(H,24,27)(H,25,29)/t21-/m0/s1. The zero-order chi connectivity index (χ0) is 21.3. The van der Waals surface area contributed by atoms with E-state index in [9.17, 15) is 14.4 Å². The molecule has 0 aromatic heterocycles. The third-order valence-corrected chi connectivity index (χ3v) is 5.32. The highest BCUT2D eigenvalue weighted by atomic mass is 16.5. The van der Waals surface area contributed by atoms with Crippen molar-refractivity contribution in [1.82, 2.24) is 15.5 Å². The maximum atomic E-state index is 12.8. The molecule has 0 saturated heterocycles. The van der Waals surface area contributed by atoms with E-state index in [-0.39, 0.29) is 19.1 Å². The topological polar surface area (TPSA) is 87.7 Å². The van der Waals surface area contributed by atoms with Crippen molar-refractivity contribution in [2.24, 2.45) is 0 Å². The number of hydrogen-bond acceptors (Lipinski definition) is 4. The molecule has 2 aliphatic rings. The Kier molecular flexibility index (Phi) is 5.27. The molecule has 4 rings (SSSR count). The van der Waals surface area contributed by atoms with Gasteiger partial charge in [0, 0.05) is 6.54 Å². The van der Waals surface area contributed by atoms with Crippen molar-refractivity contribution < 1.29 is 19.1 Å². The average Bonchev–Trinajstić information content (AvgIpc) is 3.12. The Balaban J connectivity index is 1.51. The third-order valence-electron chi connectivity index (χ3n) is 5.32. The number of esters is 1. The van der Waals surface area contributed by atoms with E-state index in [1.807, 2.05) is 62.4 Å². The Labute approximate surface area is 174 Å². The van der Waals surface area contributed by atoms with E-state index in [1.165, 1.54) is 4.90 Å². The lowest BCUT2D eigenvalue weighted by atomic mass is 9.95. The molecule has 2 aromatic rings. The molecule has 7 heteroatoms. The Bertz CT molecular complexity index is 1030. The smallest absolute Gasteiger partial charge is 0.338 e. The van der Waals surface area contributed by atoms with Crippen LogP contribution in [0, 0.1) is 13.8 Å². The summed E-state index contributed by atoms with van der Waals surface area (Å²) in [6.07, 6.45) is 0. The predicted octanol–water partition coefficient (Wildman–Crippen LogP) is 2.50. The minimum atomic E-state index is -0.588. The molecule has 3 amide bonds. The molecule has 0 unspecified atom stereocenters. The second-order valence-corrected chi connectivity index (χ2v) is 7.58. The molecule has 2 N–H and O–H groups in total. The Morgan fingerprint density at radius 1 is 1.07 bits per heavy atom. The van der Waals surface area contributed by atoms with E-state index in [4.69, 9.17) is 4.74 Å². The quantitative estimate of drug-likeness (QED) is 0.749. The molecular weight excluding hydrogens is 382 g/mol. The highest BCUT2D eigenvalue weighted by molar-refractivity contribution is 5.98. The number of aryl methyl sites for hydroxylation is 2. The molecule has 30 heavy (non-hydrogen) atoms. The first-order valence-corrected chi connectivity index (χ1v) is 9.79. The molecule has 7 nitrogen and oxygen atoms in total. The van der Waals surface area contributed by atoms with Gasteiger partial charge in [-0.2, -0.15) is 0 Å².